The summed E-state index contributed by atoms with van der Waals surface area (Å²) in [5, 5.41) is 0.518. The van der Waals surface area contributed by atoms with E-state index in [0.717, 1.165) is 5.56 Å². The van der Waals surface area contributed by atoms with E-state index >= 15 is 0 Å². The minimum Gasteiger partial charge on any atom is -0.494 e. The van der Waals surface area contributed by atoms with E-state index in [1.165, 1.54) is 6.20 Å². The number of nitrogens with two attached hydrogens (primary N) is 1. The number of oxazole rings is 1. The van der Waals surface area contributed by atoms with Crippen molar-refractivity contribution in [3.8, 4) is 17.1 Å². The van der Waals surface area contributed by atoms with Gasteiger partial charge in [-0.2, -0.15) is 0 Å². The molecule has 0 fully saturated rings. The van der Waals surface area contributed by atoms with Crippen molar-refractivity contribution in [2.75, 3.05) is 12.8 Å². The van der Waals surface area contributed by atoms with Gasteiger partial charge in [0.05, 0.1) is 23.9 Å². The van der Waals surface area contributed by atoms with Gasteiger partial charge in [0.25, 0.3) is 6.01 Å². The van der Waals surface area contributed by atoms with Crippen molar-refractivity contribution >= 4 is 17.6 Å². The zero-order chi connectivity index (χ0) is 10.8. The van der Waals surface area contributed by atoms with Gasteiger partial charge in [-0.25, -0.2) is 4.98 Å². The molecule has 5 heteroatoms. The van der Waals surface area contributed by atoms with Crippen molar-refractivity contribution in [3.63, 3.8) is 0 Å². The van der Waals surface area contributed by atoms with E-state index < -0.39 is 0 Å². The van der Waals surface area contributed by atoms with Gasteiger partial charge in [0.2, 0.25) is 0 Å². The molecule has 15 heavy (non-hydrogen) atoms. The zero-order valence-electron chi connectivity index (χ0n) is 8.03. The van der Waals surface area contributed by atoms with Gasteiger partial charge in [-0.3, -0.25) is 0 Å². The summed E-state index contributed by atoms with van der Waals surface area (Å²) in [6.45, 7) is 0. The van der Waals surface area contributed by atoms with E-state index in [1.54, 1.807) is 19.2 Å². The normalized spacial score (nSPS) is 10.3. The molecule has 0 aliphatic carbocycles. The van der Waals surface area contributed by atoms with Gasteiger partial charge < -0.3 is 14.9 Å². The molecule has 1 aromatic carbocycles. The second-order valence-corrected chi connectivity index (χ2v) is 3.29. The van der Waals surface area contributed by atoms with Crippen molar-refractivity contribution in [2.45, 2.75) is 0 Å². The fourth-order valence-electron chi connectivity index (χ4n) is 1.32. The molecule has 0 amide bonds. The highest BCUT2D eigenvalue weighted by molar-refractivity contribution is 6.32. The second kappa shape index (κ2) is 3.82. The molecular formula is C10H9ClN2O2. The average molecular weight is 225 g/mol. The number of nitrogen functional groups attached to an aromatic ring is 1. The van der Waals surface area contributed by atoms with Crippen LogP contribution in [0.2, 0.25) is 5.02 Å². The summed E-state index contributed by atoms with van der Waals surface area (Å²) in [6.07, 6.45) is 1.53. The van der Waals surface area contributed by atoms with Crippen LogP contribution in [0.25, 0.3) is 11.3 Å². The van der Waals surface area contributed by atoms with E-state index in [0.29, 0.717) is 16.5 Å². The number of para-hydroxylation sites is 1. The summed E-state index contributed by atoms with van der Waals surface area (Å²) in [5.74, 6) is 1.09. The van der Waals surface area contributed by atoms with E-state index in [-0.39, 0.29) is 6.01 Å². The number of ether oxygens (including phenoxy) is 1. The molecule has 0 radical (unpaired) electrons. The average Bonchev–Trinajstić information content (AvgIpc) is 2.64. The van der Waals surface area contributed by atoms with Crippen molar-refractivity contribution in [1.29, 1.82) is 0 Å². The highest BCUT2D eigenvalue weighted by Crippen LogP contribution is 2.36. The summed E-state index contributed by atoms with van der Waals surface area (Å²) in [4.78, 5) is 3.81. The van der Waals surface area contributed by atoms with Crippen molar-refractivity contribution in [1.82, 2.24) is 4.98 Å². The van der Waals surface area contributed by atoms with Crippen molar-refractivity contribution in [2.24, 2.45) is 0 Å². The third kappa shape index (κ3) is 1.76. The van der Waals surface area contributed by atoms with Gasteiger partial charge in [-0.15, -0.1) is 0 Å². The van der Waals surface area contributed by atoms with Crippen LogP contribution in [-0.4, -0.2) is 12.1 Å². The fourth-order valence-corrected chi connectivity index (χ4v) is 1.57. The SMILES string of the molecule is COc1c(Cl)cccc1-c1cnc(N)o1. The number of anilines is 1. The van der Waals surface area contributed by atoms with E-state index in [4.69, 9.17) is 26.5 Å². The lowest BCUT2D eigenvalue weighted by Crippen LogP contribution is -1.87. The first-order chi connectivity index (χ1) is 7.22. The molecule has 4 nitrogen and oxygen atoms in total. The van der Waals surface area contributed by atoms with E-state index in [9.17, 15) is 0 Å². The molecule has 78 valence electrons. The highest BCUT2D eigenvalue weighted by Gasteiger charge is 2.12. The molecule has 0 saturated carbocycles. The van der Waals surface area contributed by atoms with Gasteiger partial charge in [0, 0.05) is 0 Å². The van der Waals surface area contributed by atoms with Crippen LogP contribution in [0.1, 0.15) is 0 Å². The first kappa shape index (κ1) is 9.86. The monoisotopic (exact) mass is 224 g/mol. The lowest BCUT2D eigenvalue weighted by molar-refractivity contribution is 0.415. The number of aromatic nitrogens is 1. The van der Waals surface area contributed by atoms with Crippen LogP contribution in [0, 0.1) is 0 Å². The summed E-state index contributed by atoms with van der Waals surface area (Å²) in [6, 6.07) is 5.49. The minimum absolute atomic E-state index is 0.118. The van der Waals surface area contributed by atoms with Crippen molar-refractivity contribution in [3.05, 3.63) is 29.4 Å². The summed E-state index contributed by atoms with van der Waals surface area (Å²) in [7, 11) is 1.55. The number of methoxy groups -OCH3 is 1. The summed E-state index contributed by atoms with van der Waals surface area (Å²) >= 11 is 5.97. The third-order valence-electron chi connectivity index (χ3n) is 1.96. The molecule has 0 saturated heterocycles. The number of nitrogens with zero attached hydrogens (tertiary/aromatic N) is 1. The Bertz CT molecular complexity index is 482. The molecule has 0 atom stereocenters. The van der Waals surface area contributed by atoms with Crippen LogP contribution >= 0.6 is 11.6 Å². The Morgan fingerprint density at radius 1 is 1.47 bits per heavy atom. The maximum Gasteiger partial charge on any atom is 0.292 e. The zero-order valence-corrected chi connectivity index (χ0v) is 8.78. The molecule has 2 aromatic rings. The quantitative estimate of drug-likeness (QED) is 0.852. The van der Waals surface area contributed by atoms with Crippen molar-refractivity contribution < 1.29 is 9.15 Å². The maximum atomic E-state index is 5.97. The van der Waals surface area contributed by atoms with E-state index in [2.05, 4.69) is 4.98 Å². The number of hydrogen-bond acceptors (Lipinski definition) is 4. The molecule has 2 N–H and O–H groups in total. The number of benzene rings is 1. The molecule has 2 rings (SSSR count). The molecular weight excluding hydrogens is 216 g/mol. The second-order valence-electron chi connectivity index (χ2n) is 2.88. The highest BCUT2D eigenvalue weighted by atomic mass is 35.5. The molecule has 1 aromatic heterocycles. The maximum absolute atomic E-state index is 5.97. The van der Waals surface area contributed by atoms with Gasteiger partial charge in [-0.05, 0) is 12.1 Å². The first-order valence-electron chi connectivity index (χ1n) is 4.26. The Hall–Kier alpha value is -1.68. The van der Waals surface area contributed by atoms with Crippen LogP contribution in [0.5, 0.6) is 5.75 Å². The molecule has 0 spiro atoms. The topological polar surface area (TPSA) is 61.3 Å². The summed E-state index contributed by atoms with van der Waals surface area (Å²) in [5.41, 5.74) is 6.12. The number of rotatable bonds is 2. The van der Waals surface area contributed by atoms with Gasteiger partial charge >= 0.3 is 0 Å². The largest absolute Gasteiger partial charge is 0.494 e. The minimum atomic E-state index is 0.118. The smallest absolute Gasteiger partial charge is 0.292 e. The Balaban J connectivity index is 2.57. The molecule has 0 aliphatic heterocycles. The lowest BCUT2D eigenvalue weighted by atomic mass is 10.1. The van der Waals surface area contributed by atoms with E-state index in [1.807, 2.05) is 6.07 Å². The molecule has 1 heterocycles. The number of hydrogen-bond donors (Lipinski definition) is 1. The van der Waals surface area contributed by atoms with Gasteiger partial charge in [-0.1, -0.05) is 17.7 Å². The Kier molecular flexibility index (Phi) is 2.51. The Morgan fingerprint density at radius 2 is 2.27 bits per heavy atom. The van der Waals surface area contributed by atoms with Gasteiger partial charge in [0.1, 0.15) is 5.75 Å². The standard InChI is InChI=1S/C10H9ClN2O2/c1-14-9-6(3-2-4-7(9)11)8-5-13-10(12)15-8/h2-5H,1H3,(H2,12,13). The van der Waals surface area contributed by atoms with Crippen LogP contribution < -0.4 is 10.5 Å². The number of halogens is 1. The molecule has 0 aliphatic rings. The predicted octanol–water partition coefficient (Wildman–Crippen LogP) is 2.59. The first-order valence-corrected chi connectivity index (χ1v) is 4.64. The van der Waals surface area contributed by atoms with Crippen LogP contribution in [0.4, 0.5) is 6.01 Å². The third-order valence-corrected chi connectivity index (χ3v) is 2.26. The van der Waals surface area contributed by atoms with Crippen LogP contribution in [-0.2, 0) is 0 Å². The Morgan fingerprint density at radius 3 is 2.87 bits per heavy atom. The molecule has 0 bridgehead atoms. The van der Waals surface area contributed by atoms with Gasteiger partial charge in [0.15, 0.2) is 5.76 Å². The van der Waals surface area contributed by atoms with Crippen LogP contribution in [0.15, 0.2) is 28.8 Å². The fraction of sp³-hybridized carbons (Fsp3) is 0.100. The summed E-state index contributed by atoms with van der Waals surface area (Å²) < 4.78 is 10.4. The Labute approximate surface area is 91.6 Å². The lowest BCUT2D eigenvalue weighted by Gasteiger charge is -2.06. The van der Waals surface area contributed by atoms with Crippen LogP contribution in [0.3, 0.4) is 0 Å². The molecule has 0 unspecified atom stereocenters. The predicted molar refractivity (Wildman–Crippen MR) is 57.9 cm³/mol.